The molecule has 0 bridgehead atoms. The minimum atomic E-state index is -2.46. The third-order valence-corrected chi connectivity index (χ3v) is 6.47. The summed E-state index contributed by atoms with van der Waals surface area (Å²) in [5, 5.41) is 2.85. The molecule has 0 aromatic heterocycles. The molecule has 0 radical (unpaired) electrons. The van der Waals surface area contributed by atoms with Crippen molar-refractivity contribution in [3.63, 3.8) is 0 Å². The molecule has 1 aromatic carbocycles. The summed E-state index contributed by atoms with van der Waals surface area (Å²) in [6.07, 6.45) is 3.40. The first kappa shape index (κ1) is 23.0. The minimum absolute atomic E-state index is 0.123. The van der Waals surface area contributed by atoms with Crippen LogP contribution in [0.5, 0.6) is 0 Å². The molecule has 30 heavy (non-hydrogen) atoms. The fourth-order valence-electron chi connectivity index (χ4n) is 3.88. The summed E-state index contributed by atoms with van der Waals surface area (Å²) in [6, 6.07) is 6.13. The van der Waals surface area contributed by atoms with E-state index in [-0.39, 0.29) is 17.9 Å². The molecule has 0 saturated carbocycles. The number of carbonyl (C=O) groups excluding carboxylic acids is 2. The van der Waals surface area contributed by atoms with Crippen molar-refractivity contribution in [1.29, 1.82) is 0 Å². The summed E-state index contributed by atoms with van der Waals surface area (Å²) < 4.78 is 24.8. The van der Waals surface area contributed by atoms with Crippen LogP contribution in [0.2, 0.25) is 0 Å². The van der Waals surface area contributed by atoms with Gasteiger partial charge in [0.25, 0.3) is 5.76 Å². The maximum atomic E-state index is 12.6. The second-order valence-corrected chi connectivity index (χ2v) is 8.89. The average molecular weight is 441 g/mol. The highest BCUT2D eigenvalue weighted by atomic mass is 32.2. The number of piperidine rings is 1. The van der Waals surface area contributed by atoms with Crippen molar-refractivity contribution in [2.45, 2.75) is 42.9 Å². The zero-order valence-corrected chi connectivity index (χ0v) is 18.2. The Morgan fingerprint density at radius 1 is 1.00 bits per heavy atom. The Kier molecular flexibility index (Phi) is 8.47. The average Bonchev–Trinajstić information content (AvgIpc) is 2.75. The summed E-state index contributed by atoms with van der Waals surface area (Å²) in [5.41, 5.74) is 0.594. The van der Waals surface area contributed by atoms with Crippen molar-refractivity contribution in [1.82, 2.24) is 14.7 Å². The number of benzene rings is 1. The second-order valence-electron chi connectivity index (χ2n) is 7.82. The second kappa shape index (κ2) is 11.1. The fourth-order valence-corrected chi connectivity index (χ4v) is 4.37. The third-order valence-electron chi connectivity index (χ3n) is 5.75. The summed E-state index contributed by atoms with van der Waals surface area (Å²) in [5.74, 6) is -2.37. The molecular formula is C21H30F2N4O2S. The summed E-state index contributed by atoms with van der Waals surface area (Å²) in [4.78, 5) is 31.7. The minimum Gasteiger partial charge on any atom is -0.342 e. The molecule has 6 nitrogen and oxygen atoms in total. The number of carbonyl (C=O) groups is 2. The topological polar surface area (TPSA) is 55.9 Å². The highest BCUT2D eigenvalue weighted by Crippen LogP contribution is 2.26. The quantitative estimate of drug-likeness (QED) is 0.661. The van der Waals surface area contributed by atoms with Gasteiger partial charge < -0.3 is 10.2 Å². The molecule has 166 valence electrons. The van der Waals surface area contributed by atoms with Crippen molar-refractivity contribution >= 4 is 29.3 Å². The molecular weight excluding hydrogens is 410 g/mol. The maximum absolute atomic E-state index is 12.6. The largest absolute Gasteiger partial charge is 0.342 e. The van der Waals surface area contributed by atoms with E-state index in [0.717, 1.165) is 52.1 Å². The Morgan fingerprint density at radius 3 is 2.23 bits per heavy atom. The molecule has 2 heterocycles. The van der Waals surface area contributed by atoms with Crippen molar-refractivity contribution in [3.05, 3.63) is 24.3 Å². The Morgan fingerprint density at radius 2 is 1.63 bits per heavy atom. The fraction of sp³-hybridized carbons (Fsp3) is 0.619. The predicted octanol–water partition coefficient (Wildman–Crippen LogP) is 2.96. The third kappa shape index (κ3) is 6.65. The summed E-state index contributed by atoms with van der Waals surface area (Å²) >= 11 is 0.482. The van der Waals surface area contributed by atoms with E-state index in [9.17, 15) is 18.4 Å². The molecule has 2 amide bonds. The normalized spacial score (nSPS) is 19.7. The standard InChI is InChI=1S/C21H30F2N4O2S/c1-16(20(29)24-17-5-7-18(8-6-17)30-21(22)23)26-13-11-25(12-14-26)15-19(28)27-9-3-2-4-10-27/h5-8,16,21H,2-4,9-15H2,1H3,(H,24,29). The molecule has 2 saturated heterocycles. The van der Waals surface area contributed by atoms with Crippen LogP contribution in [0, 0.1) is 0 Å². The van der Waals surface area contributed by atoms with Crippen LogP contribution in [0.3, 0.4) is 0 Å². The van der Waals surface area contributed by atoms with Crippen LogP contribution < -0.4 is 5.32 Å². The van der Waals surface area contributed by atoms with E-state index in [4.69, 9.17) is 0 Å². The molecule has 0 spiro atoms. The van der Waals surface area contributed by atoms with Gasteiger partial charge in [-0.1, -0.05) is 11.8 Å². The number of amides is 2. The van der Waals surface area contributed by atoms with E-state index in [1.807, 2.05) is 11.8 Å². The lowest BCUT2D eigenvalue weighted by Gasteiger charge is -2.38. The van der Waals surface area contributed by atoms with Crippen molar-refractivity contribution in [2.24, 2.45) is 0 Å². The Hall–Kier alpha value is -1.71. The van der Waals surface area contributed by atoms with E-state index >= 15 is 0 Å². The van der Waals surface area contributed by atoms with E-state index in [2.05, 4.69) is 15.1 Å². The number of anilines is 1. The van der Waals surface area contributed by atoms with Gasteiger partial charge >= 0.3 is 0 Å². The van der Waals surface area contributed by atoms with Gasteiger partial charge in [0, 0.05) is 49.9 Å². The number of piperazine rings is 1. The molecule has 1 atom stereocenters. The number of nitrogens with one attached hydrogen (secondary N) is 1. The lowest BCUT2D eigenvalue weighted by Crippen LogP contribution is -2.54. The van der Waals surface area contributed by atoms with Gasteiger partial charge in [0.15, 0.2) is 0 Å². The number of hydrogen-bond donors (Lipinski definition) is 1. The zero-order chi connectivity index (χ0) is 21.5. The Labute approximate surface area is 181 Å². The first-order valence-electron chi connectivity index (χ1n) is 10.5. The van der Waals surface area contributed by atoms with Crippen LogP contribution in [0.1, 0.15) is 26.2 Å². The number of thioether (sulfide) groups is 1. The van der Waals surface area contributed by atoms with E-state index in [0.29, 0.717) is 28.9 Å². The molecule has 2 aliphatic heterocycles. The number of likely N-dealkylation sites (tertiary alicyclic amines) is 1. The van der Waals surface area contributed by atoms with Crippen molar-refractivity contribution in [3.8, 4) is 0 Å². The van der Waals surface area contributed by atoms with Gasteiger partial charge in [0.2, 0.25) is 11.8 Å². The molecule has 1 N–H and O–H groups in total. The molecule has 2 aliphatic rings. The molecule has 3 rings (SSSR count). The van der Waals surface area contributed by atoms with Crippen molar-refractivity contribution < 1.29 is 18.4 Å². The first-order valence-corrected chi connectivity index (χ1v) is 11.4. The SMILES string of the molecule is CC(C(=O)Nc1ccc(SC(F)F)cc1)N1CCN(CC(=O)N2CCCCC2)CC1. The lowest BCUT2D eigenvalue weighted by molar-refractivity contribution is -0.134. The van der Waals surface area contributed by atoms with E-state index < -0.39 is 5.76 Å². The Balaban J connectivity index is 1.42. The lowest BCUT2D eigenvalue weighted by atomic mass is 10.1. The number of halogens is 2. The predicted molar refractivity (Wildman–Crippen MR) is 115 cm³/mol. The van der Waals surface area contributed by atoms with Gasteiger partial charge in [0.05, 0.1) is 12.6 Å². The number of alkyl halides is 2. The van der Waals surface area contributed by atoms with Gasteiger partial charge in [-0.3, -0.25) is 19.4 Å². The van der Waals surface area contributed by atoms with Gasteiger partial charge in [-0.2, -0.15) is 8.78 Å². The van der Waals surface area contributed by atoms with E-state index in [1.165, 1.54) is 6.42 Å². The zero-order valence-electron chi connectivity index (χ0n) is 17.4. The number of hydrogen-bond acceptors (Lipinski definition) is 5. The van der Waals surface area contributed by atoms with E-state index in [1.54, 1.807) is 24.3 Å². The highest BCUT2D eigenvalue weighted by molar-refractivity contribution is 7.99. The maximum Gasteiger partial charge on any atom is 0.288 e. The van der Waals surface area contributed by atoms with Crippen LogP contribution >= 0.6 is 11.8 Å². The molecule has 1 unspecified atom stereocenters. The molecule has 2 fully saturated rings. The summed E-state index contributed by atoms with van der Waals surface area (Å²) in [7, 11) is 0. The number of nitrogens with zero attached hydrogens (tertiary/aromatic N) is 3. The first-order chi connectivity index (χ1) is 14.4. The monoisotopic (exact) mass is 440 g/mol. The van der Waals surface area contributed by atoms with Gasteiger partial charge in [-0.05, 0) is 50.5 Å². The molecule has 0 aliphatic carbocycles. The molecule has 9 heteroatoms. The van der Waals surface area contributed by atoms with Gasteiger partial charge in [0.1, 0.15) is 0 Å². The van der Waals surface area contributed by atoms with Crippen molar-refractivity contribution in [2.75, 3.05) is 51.1 Å². The number of rotatable bonds is 7. The van der Waals surface area contributed by atoms with Gasteiger partial charge in [-0.15, -0.1) is 0 Å². The smallest absolute Gasteiger partial charge is 0.288 e. The van der Waals surface area contributed by atoms with Crippen LogP contribution in [-0.2, 0) is 9.59 Å². The Bertz CT molecular complexity index is 705. The van der Waals surface area contributed by atoms with Crippen LogP contribution in [-0.4, -0.2) is 84.1 Å². The van der Waals surface area contributed by atoms with Crippen LogP contribution in [0.4, 0.5) is 14.5 Å². The van der Waals surface area contributed by atoms with Crippen LogP contribution in [0.15, 0.2) is 29.2 Å². The van der Waals surface area contributed by atoms with Crippen LogP contribution in [0.25, 0.3) is 0 Å². The van der Waals surface area contributed by atoms with Gasteiger partial charge in [-0.25, -0.2) is 0 Å². The summed E-state index contributed by atoms with van der Waals surface area (Å²) in [6.45, 7) is 7.04. The highest BCUT2D eigenvalue weighted by Gasteiger charge is 2.27. The molecule has 1 aromatic rings.